The highest BCUT2D eigenvalue weighted by Crippen LogP contribution is 2.65. The fourth-order valence-corrected chi connectivity index (χ4v) is 8.53. The summed E-state index contributed by atoms with van der Waals surface area (Å²) in [5.41, 5.74) is -8.12. The molecule has 51 heavy (non-hydrogen) atoms. The minimum Gasteiger partial charge on any atom is -0.458 e. The molecule has 3 fully saturated rings. The summed E-state index contributed by atoms with van der Waals surface area (Å²) in [6.07, 6.45) is -9.05. The Morgan fingerprint density at radius 3 is 2.00 bits per heavy atom. The van der Waals surface area contributed by atoms with Gasteiger partial charge in [0.2, 0.25) is 0 Å². The fraction of sp³-hybridized carbons (Fsp3) is 0.606. The summed E-state index contributed by atoms with van der Waals surface area (Å²) in [5.74, 6) is -7.41. The monoisotopic (exact) mass is 832 g/mol. The first-order valence-electron chi connectivity index (χ1n) is 15.6. The molecule has 2 bridgehead atoms. The van der Waals surface area contributed by atoms with E-state index >= 15 is 4.79 Å². The van der Waals surface area contributed by atoms with Gasteiger partial charge < -0.3 is 33.9 Å². The smallest absolute Gasteiger partial charge is 0.359 e. The molecular formula is C33H34Cl6O12. The van der Waals surface area contributed by atoms with Gasteiger partial charge in [-0.25, -0.2) is 14.4 Å². The number of alkyl halides is 6. The Morgan fingerprint density at radius 2 is 1.49 bits per heavy atom. The third-order valence-corrected chi connectivity index (χ3v) is 11.8. The molecule has 2 saturated carbocycles. The molecule has 2 N–H and O–H groups in total. The summed E-state index contributed by atoms with van der Waals surface area (Å²) in [5, 5.41) is 24.7. The quantitative estimate of drug-likeness (QED) is 0.178. The predicted molar refractivity (Wildman–Crippen MR) is 183 cm³/mol. The maximum Gasteiger partial charge on any atom is 0.359 e. The van der Waals surface area contributed by atoms with Crippen molar-refractivity contribution in [1.29, 1.82) is 0 Å². The van der Waals surface area contributed by atoms with Gasteiger partial charge in [-0.15, -0.1) is 0 Å². The summed E-state index contributed by atoms with van der Waals surface area (Å²) < 4.78 is 24.1. The molecule has 1 saturated heterocycles. The zero-order chi connectivity index (χ0) is 38.3. The standard InChI is InChI=1S/C33H34Cl6O12/c1-14-17(41)12-31(46)24(50-25(43)16-9-7-6-8-10-16)22-29(5,23(42)21(20(14)28(31,3)4)49-27(45)33(37,38)39)18(48-26(44)32(34,35)36)11-19-30(22,13-47-19)51-15(2)40/h6-10,17-19,21-22,24,41,46H,11-13H2,1-5H3/t17-,18?,19?,21?,22-,24-,29?,30-,31?/m0/s1. The van der Waals surface area contributed by atoms with Gasteiger partial charge >= 0.3 is 23.9 Å². The van der Waals surface area contributed by atoms with Crippen LogP contribution in [0.2, 0.25) is 0 Å². The van der Waals surface area contributed by atoms with Crippen molar-refractivity contribution >= 4 is 99.3 Å². The largest absolute Gasteiger partial charge is 0.458 e. The lowest BCUT2D eigenvalue weighted by Gasteiger charge is -2.67. The van der Waals surface area contributed by atoms with Gasteiger partial charge in [0, 0.05) is 25.2 Å². The molecule has 5 unspecified atom stereocenters. The Bertz CT molecular complexity index is 1670. The van der Waals surface area contributed by atoms with Crippen LogP contribution in [0.1, 0.15) is 57.8 Å². The van der Waals surface area contributed by atoms with E-state index in [2.05, 4.69) is 0 Å². The van der Waals surface area contributed by atoms with Crippen molar-refractivity contribution in [3.8, 4) is 0 Å². The van der Waals surface area contributed by atoms with Crippen molar-refractivity contribution < 1.29 is 57.9 Å². The van der Waals surface area contributed by atoms with Crippen molar-refractivity contribution in [3.05, 3.63) is 47.0 Å². The van der Waals surface area contributed by atoms with E-state index in [1.165, 1.54) is 39.8 Å². The Morgan fingerprint density at radius 1 is 0.922 bits per heavy atom. The van der Waals surface area contributed by atoms with E-state index in [9.17, 15) is 29.4 Å². The number of ketones is 1. The first-order valence-corrected chi connectivity index (χ1v) is 17.9. The third-order valence-electron chi connectivity index (χ3n) is 10.8. The molecule has 0 radical (unpaired) electrons. The second-order valence-corrected chi connectivity index (χ2v) is 18.5. The zero-order valence-corrected chi connectivity index (χ0v) is 32.3. The maximum atomic E-state index is 15.5. The van der Waals surface area contributed by atoms with Gasteiger partial charge in [0.1, 0.15) is 23.9 Å². The van der Waals surface area contributed by atoms with Crippen LogP contribution in [0.3, 0.4) is 0 Å². The fourth-order valence-electron chi connectivity index (χ4n) is 8.26. The summed E-state index contributed by atoms with van der Waals surface area (Å²) in [7, 11) is 0. The van der Waals surface area contributed by atoms with Crippen LogP contribution >= 0.6 is 69.6 Å². The lowest BCUT2D eigenvalue weighted by Crippen LogP contribution is -2.82. The number of carbonyl (C=O) groups excluding carboxylic acids is 5. The molecular weight excluding hydrogens is 801 g/mol. The SMILES string of the molecule is CC(=O)O[C@@]12COC1CC(OC(=O)C(Cl)(Cl)Cl)C1(C)C(=O)C(OC(=O)C(Cl)(Cl)Cl)C3=C(C)[C@@H](O)CC(O)([C@@H](OC(=O)c4ccccc4)[C@@H]12)C3(C)C. The number of rotatable bonds is 5. The van der Waals surface area contributed by atoms with Gasteiger partial charge in [-0.3, -0.25) is 9.59 Å². The number of hydrogen-bond donors (Lipinski definition) is 2. The van der Waals surface area contributed by atoms with E-state index in [1.807, 2.05) is 0 Å². The second-order valence-electron chi connectivity index (χ2n) is 13.9. The Kier molecular flexibility index (Phi) is 10.6. The molecule has 18 heteroatoms. The molecule has 0 amide bonds. The number of aliphatic hydroxyl groups is 2. The van der Waals surface area contributed by atoms with E-state index < -0.39 is 102 Å². The summed E-state index contributed by atoms with van der Waals surface area (Å²) >= 11 is 35.4. The molecule has 12 nitrogen and oxygen atoms in total. The first kappa shape index (κ1) is 40.3. The van der Waals surface area contributed by atoms with Crippen molar-refractivity contribution in [3.63, 3.8) is 0 Å². The molecule has 4 aliphatic rings. The van der Waals surface area contributed by atoms with Crippen LogP contribution < -0.4 is 0 Å². The molecule has 1 aromatic rings. The highest BCUT2D eigenvalue weighted by atomic mass is 35.6. The first-order chi connectivity index (χ1) is 23.3. The molecule has 9 atom stereocenters. The Labute approximate surface area is 322 Å². The van der Waals surface area contributed by atoms with Gasteiger partial charge in [0.05, 0.1) is 29.6 Å². The van der Waals surface area contributed by atoms with Crippen LogP contribution in [0.15, 0.2) is 41.5 Å². The number of halogens is 6. The molecule has 1 aliphatic heterocycles. The lowest BCUT2D eigenvalue weighted by molar-refractivity contribution is -0.346. The van der Waals surface area contributed by atoms with E-state index in [0.717, 1.165) is 6.92 Å². The number of aliphatic hydroxyl groups excluding tert-OH is 1. The van der Waals surface area contributed by atoms with E-state index in [-0.39, 0.29) is 29.7 Å². The highest BCUT2D eigenvalue weighted by molar-refractivity contribution is 6.76. The number of benzene rings is 1. The van der Waals surface area contributed by atoms with Gasteiger partial charge in [-0.1, -0.05) is 102 Å². The van der Waals surface area contributed by atoms with Crippen LogP contribution in [-0.2, 0) is 42.9 Å². The maximum absolute atomic E-state index is 15.5. The average molecular weight is 835 g/mol. The number of hydrogen-bond acceptors (Lipinski definition) is 12. The predicted octanol–water partition coefficient (Wildman–Crippen LogP) is 4.92. The van der Waals surface area contributed by atoms with E-state index in [0.29, 0.717) is 0 Å². The third kappa shape index (κ3) is 6.54. The minimum absolute atomic E-state index is 0.0460. The van der Waals surface area contributed by atoms with Gasteiger partial charge in [0.25, 0.3) is 7.59 Å². The molecule has 280 valence electrons. The molecule has 0 aromatic heterocycles. The minimum atomic E-state index is -2.71. The van der Waals surface area contributed by atoms with Gasteiger partial charge in [-0.05, 0) is 37.1 Å². The number of esters is 4. The van der Waals surface area contributed by atoms with Gasteiger partial charge in [-0.2, -0.15) is 0 Å². The summed E-state index contributed by atoms with van der Waals surface area (Å²) in [6.45, 7) is 6.45. The normalized spacial score (nSPS) is 35.9. The number of ether oxygens (including phenoxy) is 5. The number of fused-ring (bicyclic) bond motifs is 5. The molecule has 0 spiro atoms. The topological polar surface area (TPSA) is 172 Å². The van der Waals surface area contributed by atoms with E-state index in [4.69, 9.17) is 93.3 Å². The highest BCUT2D eigenvalue weighted by Gasteiger charge is 2.79. The summed E-state index contributed by atoms with van der Waals surface area (Å²) in [4.78, 5) is 68.8. The average Bonchev–Trinajstić information content (AvgIpc) is 3.01. The number of carbonyl (C=O) groups is 5. The van der Waals surface area contributed by atoms with Gasteiger partial charge in [0.15, 0.2) is 17.5 Å². The Hall–Kier alpha value is -1.87. The van der Waals surface area contributed by atoms with Crippen molar-refractivity contribution in [2.45, 2.75) is 96.8 Å². The molecule has 1 heterocycles. The van der Waals surface area contributed by atoms with Crippen molar-refractivity contribution in [2.24, 2.45) is 16.7 Å². The lowest BCUT2D eigenvalue weighted by atomic mass is 9.44. The molecule has 5 rings (SSSR count). The van der Waals surface area contributed by atoms with Crippen LogP contribution in [0.25, 0.3) is 0 Å². The second kappa shape index (κ2) is 13.5. The zero-order valence-electron chi connectivity index (χ0n) is 27.7. The van der Waals surface area contributed by atoms with E-state index in [1.54, 1.807) is 18.2 Å². The molecule has 3 aliphatic carbocycles. The van der Waals surface area contributed by atoms with Crippen LogP contribution in [0.5, 0.6) is 0 Å². The van der Waals surface area contributed by atoms with Crippen molar-refractivity contribution in [1.82, 2.24) is 0 Å². The van der Waals surface area contributed by atoms with Crippen LogP contribution in [0.4, 0.5) is 0 Å². The summed E-state index contributed by atoms with van der Waals surface area (Å²) in [6, 6.07) is 7.70. The van der Waals surface area contributed by atoms with Crippen LogP contribution in [0, 0.1) is 16.7 Å². The number of Topliss-reactive ketones (excluding diaryl/α,β-unsaturated/α-hetero) is 1. The van der Waals surface area contributed by atoms with Crippen LogP contribution in [-0.4, -0.2) is 95.8 Å². The van der Waals surface area contributed by atoms with Crippen molar-refractivity contribution in [2.75, 3.05) is 6.61 Å². The Balaban J connectivity index is 1.88. The molecule has 1 aromatic carbocycles.